The van der Waals surface area contributed by atoms with E-state index in [0.29, 0.717) is 22.8 Å². The van der Waals surface area contributed by atoms with Gasteiger partial charge in [0.25, 0.3) is 0 Å². The number of thiazole rings is 1. The quantitative estimate of drug-likeness (QED) is 0.520. The topological polar surface area (TPSA) is 45.2 Å². The van der Waals surface area contributed by atoms with E-state index in [-0.39, 0.29) is 12.3 Å². The SMILES string of the molecule is CCN(C)Cc1cccc(CNC(=O)Cc2csc(-c3ccc(C(F)(F)F)cc3)n2)c1. The molecule has 8 heteroatoms. The molecule has 0 spiro atoms. The Balaban J connectivity index is 1.55. The van der Waals surface area contributed by atoms with Crippen molar-refractivity contribution < 1.29 is 18.0 Å². The molecule has 0 saturated carbocycles. The van der Waals surface area contributed by atoms with Crippen LogP contribution in [0.25, 0.3) is 10.6 Å². The van der Waals surface area contributed by atoms with Crippen molar-refractivity contribution in [2.75, 3.05) is 13.6 Å². The van der Waals surface area contributed by atoms with Crippen LogP contribution in [-0.4, -0.2) is 29.4 Å². The highest BCUT2D eigenvalue weighted by atomic mass is 32.1. The third kappa shape index (κ3) is 6.63. The standard InChI is InChI=1S/C23H24F3N3OS/c1-3-29(2)14-17-6-4-5-16(11-17)13-27-21(30)12-20-15-31-22(28-20)18-7-9-19(10-8-18)23(24,25)26/h4-11,15H,3,12-14H2,1-2H3,(H,27,30). The van der Waals surface area contributed by atoms with E-state index in [1.165, 1.54) is 29.0 Å². The van der Waals surface area contributed by atoms with Crippen LogP contribution in [0.2, 0.25) is 0 Å². The van der Waals surface area contributed by atoms with E-state index >= 15 is 0 Å². The van der Waals surface area contributed by atoms with Crippen LogP contribution in [0.3, 0.4) is 0 Å². The van der Waals surface area contributed by atoms with Gasteiger partial charge in [0.1, 0.15) is 5.01 Å². The van der Waals surface area contributed by atoms with Crippen molar-refractivity contribution in [1.82, 2.24) is 15.2 Å². The largest absolute Gasteiger partial charge is 0.416 e. The maximum Gasteiger partial charge on any atom is 0.416 e. The lowest BCUT2D eigenvalue weighted by Crippen LogP contribution is -2.24. The van der Waals surface area contributed by atoms with Crippen LogP contribution in [0.15, 0.2) is 53.9 Å². The Hall–Kier alpha value is -2.71. The number of benzene rings is 2. The van der Waals surface area contributed by atoms with Crippen molar-refractivity contribution in [3.63, 3.8) is 0 Å². The van der Waals surface area contributed by atoms with Gasteiger partial charge < -0.3 is 10.2 Å². The zero-order valence-corrected chi connectivity index (χ0v) is 18.2. The molecule has 3 aromatic rings. The smallest absolute Gasteiger partial charge is 0.352 e. The van der Waals surface area contributed by atoms with Gasteiger partial charge in [-0.05, 0) is 36.9 Å². The molecular formula is C23H24F3N3OS. The highest BCUT2D eigenvalue weighted by Crippen LogP contribution is 2.31. The van der Waals surface area contributed by atoms with Gasteiger partial charge in [0.15, 0.2) is 0 Å². The molecule has 0 aliphatic rings. The fourth-order valence-corrected chi connectivity index (χ4v) is 3.84. The number of hydrogen-bond acceptors (Lipinski definition) is 4. The second kappa shape index (κ2) is 10.1. The minimum atomic E-state index is -4.36. The first-order valence-corrected chi connectivity index (χ1v) is 10.8. The molecule has 0 fully saturated rings. The number of nitrogens with zero attached hydrogens (tertiary/aromatic N) is 2. The lowest BCUT2D eigenvalue weighted by molar-refractivity contribution is -0.137. The van der Waals surface area contributed by atoms with Crippen LogP contribution in [-0.2, 0) is 30.5 Å². The monoisotopic (exact) mass is 447 g/mol. The predicted octanol–water partition coefficient (Wildman–Crippen LogP) is 5.14. The second-order valence-corrected chi connectivity index (χ2v) is 8.18. The van der Waals surface area contributed by atoms with Gasteiger partial charge in [0.05, 0.1) is 17.7 Å². The second-order valence-electron chi connectivity index (χ2n) is 7.32. The summed E-state index contributed by atoms with van der Waals surface area (Å²) >= 11 is 1.31. The summed E-state index contributed by atoms with van der Waals surface area (Å²) in [6.45, 7) is 4.34. The molecule has 1 amide bonds. The Morgan fingerprint density at radius 3 is 2.52 bits per heavy atom. The molecule has 1 N–H and O–H groups in total. The third-order valence-electron chi connectivity index (χ3n) is 4.83. The Kier molecular flexibility index (Phi) is 7.46. The molecule has 31 heavy (non-hydrogen) atoms. The van der Waals surface area contributed by atoms with E-state index in [0.717, 1.165) is 30.8 Å². The molecule has 0 aliphatic carbocycles. The Labute approximate surface area is 183 Å². The number of carbonyl (C=O) groups excluding carboxylic acids is 1. The Morgan fingerprint density at radius 2 is 1.84 bits per heavy atom. The minimum absolute atomic E-state index is 0.120. The van der Waals surface area contributed by atoms with E-state index < -0.39 is 11.7 Å². The molecule has 1 heterocycles. The van der Waals surface area contributed by atoms with Crippen LogP contribution in [0, 0.1) is 0 Å². The average Bonchev–Trinajstić information content (AvgIpc) is 3.20. The first kappa shape index (κ1) is 23.0. The van der Waals surface area contributed by atoms with Gasteiger partial charge in [0, 0.05) is 24.0 Å². The first-order valence-electron chi connectivity index (χ1n) is 9.89. The number of aromatic nitrogens is 1. The van der Waals surface area contributed by atoms with E-state index in [2.05, 4.69) is 41.3 Å². The van der Waals surface area contributed by atoms with Crippen LogP contribution < -0.4 is 5.32 Å². The molecule has 164 valence electrons. The molecule has 0 atom stereocenters. The summed E-state index contributed by atoms with van der Waals surface area (Å²) in [5.41, 5.74) is 2.71. The zero-order valence-electron chi connectivity index (χ0n) is 17.4. The minimum Gasteiger partial charge on any atom is -0.352 e. The number of amides is 1. The van der Waals surface area contributed by atoms with Crippen molar-refractivity contribution in [2.45, 2.75) is 32.6 Å². The molecule has 0 unspecified atom stereocenters. The van der Waals surface area contributed by atoms with E-state index in [1.807, 2.05) is 12.1 Å². The van der Waals surface area contributed by atoms with Crippen LogP contribution in [0.5, 0.6) is 0 Å². The molecular weight excluding hydrogens is 423 g/mol. The molecule has 1 aromatic heterocycles. The summed E-state index contributed by atoms with van der Waals surface area (Å²) in [5.74, 6) is -0.152. The van der Waals surface area contributed by atoms with Crippen molar-refractivity contribution in [1.29, 1.82) is 0 Å². The summed E-state index contributed by atoms with van der Waals surface area (Å²) < 4.78 is 38.1. The van der Waals surface area contributed by atoms with E-state index in [1.54, 1.807) is 5.38 Å². The fraction of sp³-hybridized carbons (Fsp3) is 0.304. The maximum absolute atomic E-state index is 12.7. The summed E-state index contributed by atoms with van der Waals surface area (Å²) in [6, 6.07) is 13.0. The van der Waals surface area contributed by atoms with Crippen LogP contribution in [0.1, 0.15) is 29.3 Å². The summed E-state index contributed by atoms with van der Waals surface area (Å²) in [4.78, 5) is 18.9. The van der Waals surface area contributed by atoms with Gasteiger partial charge in [-0.25, -0.2) is 4.98 Å². The van der Waals surface area contributed by atoms with Crippen LogP contribution >= 0.6 is 11.3 Å². The predicted molar refractivity (Wildman–Crippen MR) is 117 cm³/mol. The zero-order chi connectivity index (χ0) is 22.4. The van der Waals surface area contributed by atoms with Gasteiger partial charge in [0.2, 0.25) is 5.91 Å². The summed E-state index contributed by atoms with van der Waals surface area (Å²) in [7, 11) is 2.06. The molecule has 2 aromatic carbocycles. The molecule has 4 nitrogen and oxygen atoms in total. The maximum atomic E-state index is 12.7. The van der Waals surface area contributed by atoms with E-state index in [9.17, 15) is 18.0 Å². The normalized spacial score (nSPS) is 11.7. The number of hydrogen-bond donors (Lipinski definition) is 1. The molecule has 0 bridgehead atoms. The Bertz CT molecular complexity index is 1020. The van der Waals surface area contributed by atoms with Crippen molar-refractivity contribution in [3.05, 3.63) is 76.3 Å². The molecule has 0 aliphatic heterocycles. The van der Waals surface area contributed by atoms with Gasteiger partial charge >= 0.3 is 6.18 Å². The Morgan fingerprint density at radius 1 is 1.13 bits per heavy atom. The number of carbonyl (C=O) groups is 1. The molecule has 3 rings (SSSR count). The lowest BCUT2D eigenvalue weighted by Gasteiger charge is -2.14. The van der Waals surface area contributed by atoms with Crippen molar-refractivity contribution in [2.24, 2.45) is 0 Å². The van der Waals surface area contributed by atoms with Gasteiger partial charge in [-0.1, -0.05) is 43.3 Å². The summed E-state index contributed by atoms with van der Waals surface area (Å²) in [6.07, 6.45) is -4.24. The summed E-state index contributed by atoms with van der Waals surface area (Å²) in [5, 5.41) is 5.25. The molecule has 0 saturated heterocycles. The van der Waals surface area contributed by atoms with Crippen molar-refractivity contribution >= 4 is 17.2 Å². The van der Waals surface area contributed by atoms with Gasteiger partial charge in [-0.3, -0.25) is 4.79 Å². The average molecular weight is 448 g/mol. The lowest BCUT2D eigenvalue weighted by atomic mass is 10.1. The first-order chi connectivity index (χ1) is 14.7. The number of alkyl halides is 3. The van der Waals surface area contributed by atoms with Crippen LogP contribution in [0.4, 0.5) is 13.2 Å². The van der Waals surface area contributed by atoms with Gasteiger partial charge in [-0.2, -0.15) is 13.2 Å². The number of nitrogens with one attached hydrogen (secondary N) is 1. The number of rotatable bonds is 8. The van der Waals surface area contributed by atoms with Gasteiger partial charge in [-0.15, -0.1) is 11.3 Å². The fourth-order valence-electron chi connectivity index (χ4n) is 3.01. The van der Waals surface area contributed by atoms with E-state index in [4.69, 9.17) is 0 Å². The highest BCUT2D eigenvalue weighted by molar-refractivity contribution is 7.13. The third-order valence-corrected chi connectivity index (χ3v) is 5.77. The highest BCUT2D eigenvalue weighted by Gasteiger charge is 2.30. The number of halogens is 3. The van der Waals surface area contributed by atoms with Crippen molar-refractivity contribution in [3.8, 4) is 10.6 Å². The molecule has 0 radical (unpaired) electrons.